The van der Waals surface area contributed by atoms with E-state index < -0.39 is 0 Å². The Balaban J connectivity index is 1.86. The van der Waals surface area contributed by atoms with E-state index in [9.17, 15) is 14.4 Å². The van der Waals surface area contributed by atoms with Crippen LogP contribution in [0.2, 0.25) is 0 Å². The van der Waals surface area contributed by atoms with E-state index in [1.807, 2.05) is 24.3 Å². The van der Waals surface area contributed by atoms with E-state index in [2.05, 4.69) is 5.32 Å². The molecule has 1 aromatic rings. The molecule has 1 fully saturated rings. The Morgan fingerprint density at radius 2 is 1.68 bits per heavy atom. The van der Waals surface area contributed by atoms with Crippen LogP contribution in [-0.2, 0) is 16.0 Å². The number of aryl methyl sites for hydroxylation is 1. The van der Waals surface area contributed by atoms with Crippen molar-refractivity contribution < 1.29 is 14.4 Å². The fraction of sp³-hybridized carbons (Fsp3) is 0.400. The Morgan fingerprint density at radius 1 is 0.947 bits per heavy atom. The number of hydrogen-bond acceptors (Lipinski definition) is 3. The lowest BCUT2D eigenvalue weighted by Gasteiger charge is -2.31. The summed E-state index contributed by atoms with van der Waals surface area (Å²) in [7, 11) is 0. The molecule has 1 aliphatic heterocycles. The molecule has 98 valence electrons. The van der Waals surface area contributed by atoms with Gasteiger partial charge in [0.1, 0.15) is 0 Å². The molecular weight excluding hydrogens is 242 g/mol. The van der Waals surface area contributed by atoms with Gasteiger partial charge in [0.25, 0.3) is 0 Å². The fourth-order valence-electron chi connectivity index (χ4n) is 3.10. The van der Waals surface area contributed by atoms with Crippen molar-refractivity contribution in [3.63, 3.8) is 0 Å². The van der Waals surface area contributed by atoms with Crippen molar-refractivity contribution in [1.29, 1.82) is 0 Å². The predicted molar refractivity (Wildman–Crippen MR) is 68.5 cm³/mol. The quantitative estimate of drug-likeness (QED) is 0.775. The topological polar surface area (TPSA) is 63.2 Å². The zero-order valence-electron chi connectivity index (χ0n) is 10.5. The molecule has 2 amide bonds. The van der Waals surface area contributed by atoms with E-state index in [0.717, 1.165) is 17.5 Å². The first-order chi connectivity index (χ1) is 9.16. The van der Waals surface area contributed by atoms with Gasteiger partial charge < -0.3 is 0 Å². The SMILES string of the molecule is O=C1CCC(C2CCc3ccccc3C2=O)C(=O)N1. The van der Waals surface area contributed by atoms with Crippen molar-refractivity contribution in [2.45, 2.75) is 25.7 Å². The van der Waals surface area contributed by atoms with Crippen LogP contribution in [0, 0.1) is 11.8 Å². The minimum absolute atomic E-state index is 0.0522. The van der Waals surface area contributed by atoms with Crippen molar-refractivity contribution in [3.8, 4) is 0 Å². The average Bonchev–Trinajstić information content (AvgIpc) is 2.41. The molecule has 1 saturated heterocycles. The highest BCUT2D eigenvalue weighted by atomic mass is 16.2. The van der Waals surface area contributed by atoms with E-state index in [4.69, 9.17) is 0 Å². The van der Waals surface area contributed by atoms with Crippen molar-refractivity contribution in [2.75, 3.05) is 0 Å². The molecule has 0 spiro atoms. The van der Waals surface area contributed by atoms with Gasteiger partial charge in [0.05, 0.1) is 0 Å². The van der Waals surface area contributed by atoms with Gasteiger partial charge in [-0.05, 0) is 24.8 Å². The molecule has 2 atom stereocenters. The molecule has 1 N–H and O–H groups in total. The van der Waals surface area contributed by atoms with Gasteiger partial charge >= 0.3 is 0 Å². The van der Waals surface area contributed by atoms with Crippen LogP contribution < -0.4 is 5.32 Å². The molecular formula is C15H15NO3. The first kappa shape index (κ1) is 12.1. The average molecular weight is 257 g/mol. The van der Waals surface area contributed by atoms with Crippen molar-refractivity contribution >= 4 is 17.6 Å². The highest BCUT2D eigenvalue weighted by molar-refractivity contribution is 6.05. The first-order valence-electron chi connectivity index (χ1n) is 6.62. The van der Waals surface area contributed by atoms with Gasteiger partial charge in [-0.25, -0.2) is 0 Å². The number of hydrogen-bond donors (Lipinski definition) is 1. The minimum atomic E-state index is -0.349. The van der Waals surface area contributed by atoms with Crippen LogP contribution in [0.3, 0.4) is 0 Å². The molecule has 0 radical (unpaired) electrons. The zero-order chi connectivity index (χ0) is 13.4. The Hall–Kier alpha value is -1.97. The van der Waals surface area contributed by atoms with Crippen LogP contribution in [0.15, 0.2) is 24.3 Å². The van der Waals surface area contributed by atoms with Crippen molar-refractivity contribution in [1.82, 2.24) is 5.32 Å². The maximum Gasteiger partial charge on any atom is 0.230 e. The summed E-state index contributed by atoms with van der Waals surface area (Å²) in [6.45, 7) is 0. The number of Topliss-reactive ketones (excluding diaryl/α,β-unsaturated/α-hetero) is 1. The minimum Gasteiger partial charge on any atom is -0.296 e. The normalized spacial score (nSPS) is 26.8. The predicted octanol–water partition coefficient (Wildman–Crippen LogP) is 1.48. The molecule has 3 rings (SSSR count). The molecule has 4 heteroatoms. The standard InChI is InChI=1S/C15H15NO3/c17-13-8-7-12(15(19)16-13)11-6-5-9-3-1-2-4-10(9)14(11)18/h1-4,11-12H,5-8H2,(H,16,17,19). The fourth-order valence-corrected chi connectivity index (χ4v) is 3.10. The van der Waals surface area contributed by atoms with Crippen molar-refractivity contribution in [3.05, 3.63) is 35.4 Å². The number of amides is 2. The molecule has 1 heterocycles. The highest BCUT2D eigenvalue weighted by Crippen LogP contribution is 2.33. The first-order valence-corrected chi connectivity index (χ1v) is 6.62. The lowest BCUT2D eigenvalue weighted by molar-refractivity contribution is -0.137. The molecule has 0 bridgehead atoms. The molecule has 2 aliphatic rings. The molecule has 4 nitrogen and oxygen atoms in total. The van der Waals surface area contributed by atoms with Crippen LogP contribution >= 0.6 is 0 Å². The number of nitrogens with one attached hydrogen (secondary N) is 1. The van der Waals surface area contributed by atoms with E-state index in [0.29, 0.717) is 19.3 Å². The molecule has 1 aliphatic carbocycles. The number of fused-ring (bicyclic) bond motifs is 1. The largest absolute Gasteiger partial charge is 0.296 e. The van der Waals surface area contributed by atoms with E-state index >= 15 is 0 Å². The highest BCUT2D eigenvalue weighted by Gasteiger charge is 2.39. The second-order valence-electron chi connectivity index (χ2n) is 5.22. The number of imide groups is 1. The lowest BCUT2D eigenvalue weighted by atomic mass is 9.73. The number of ketones is 1. The summed E-state index contributed by atoms with van der Waals surface area (Å²) in [6.07, 6.45) is 2.34. The van der Waals surface area contributed by atoms with Gasteiger partial charge in [-0.3, -0.25) is 19.7 Å². The van der Waals surface area contributed by atoms with E-state index in [1.165, 1.54) is 0 Å². The molecule has 0 aromatic heterocycles. The second kappa shape index (κ2) is 4.61. The third-order valence-electron chi connectivity index (χ3n) is 4.11. The molecule has 1 aromatic carbocycles. The van der Waals surface area contributed by atoms with Gasteiger partial charge in [0.15, 0.2) is 5.78 Å². The van der Waals surface area contributed by atoms with Gasteiger partial charge in [0, 0.05) is 23.8 Å². The maximum atomic E-state index is 12.5. The summed E-state index contributed by atoms with van der Waals surface area (Å²) in [5.74, 6) is -1.09. The number of carbonyl (C=O) groups excluding carboxylic acids is 3. The van der Waals surface area contributed by atoms with Crippen LogP contribution in [0.25, 0.3) is 0 Å². The number of rotatable bonds is 1. The second-order valence-corrected chi connectivity index (χ2v) is 5.22. The third-order valence-corrected chi connectivity index (χ3v) is 4.11. The van der Waals surface area contributed by atoms with Crippen LogP contribution in [-0.4, -0.2) is 17.6 Å². The number of piperidine rings is 1. The summed E-state index contributed by atoms with van der Waals surface area (Å²) in [4.78, 5) is 35.5. The molecule has 2 unspecified atom stereocenters. The Bertz CT molecular complexity index is 564. The van der Waals surface area contributed by atoms with E-state index in [1.54, 1.807) is 0 Å². The van der Waals surface area contributed by atoms with Crippen LogP contribution in [0.4, 0.5) is 0 Å². The summed E-state index contributed by atoms with van der Waals surface area (Å²) < 4.78 is 0. The number of benzene rings is 1. The monoisotopic (exact) mass is 257 g/mol. The van der Waals surface area contributed by atoms with E-state index in [-0.39, 0.29) is 29.4 Å². The summed E-state index contributed by atoms with van der Waals surface area (Å²) in [5.41, 5.74) is 1.81. The van der Waals surface area contributed by atoms with Crippen LogP contribution in [0.1, 0.15) is 35.2 Å². The maximum absolute atomic E-state index is 12.5. The molecule has 0 saturated carbocycles. The van der Waals surface area contributed by atoms with Crippen LogP contribution in [0.5, 0.6) is 0 Å². The Kier molecular flexibility index (Phi) is 2.93. The summed E-state index contributed by atoms with van der Waals surface area (Å²) in [5, 5.41) is 2.34. The Morgan fingerprint density at radius 3 is 2.47 bits per heavy atom. The summed E-state index contributed by atoms with van der Waals surface area (Å²) >= 11 is 0. The smallest absolute Gasteiger partial charge is 0.230 e. The van der Waals surface area contributed by atoms with Gasteiger partial charge in [-0.15, -0.1) is 0 Å². The molecule has 19 heavy (non-hydrogen) atoms. The van der Waals surface area contributed by atoms with Gasteiger partial charge in [0.2, 0.25) is 11.8 Å². The number of carbonyl (C=O) groups is 3. The summed E-state index contributed by atoms with van der Waals surface area (Å²) in [6, 6.07) is 7.58. The zero-order valence-corrected chi connectivity index (χ0v) is 10.5. The van der Waals surface area contributed by atoms with Gasteiger partial charge in [-0.2, -0.15) is 0 Å². The third kappa shape index (κ3) is 2.07. The lowest BCUT2D eigenvalue weighted by Crippen LogP contribution is -2.46. The Labute approximate surface area is 111 Å². The van der Waals surface area contributed by atoms with Gasteiger partial charge in [-0.1, -0.05) is 24.3 Å². The van der Waals surface area contributed by atoms with Crippen molar-refractivity contribution in [2.24, 2.45) is 11.8 Å².